The average Bonchev–Trinajstić information content (AvgIpc) is 2.03. The maximum Gasteiger partial charge on any atom is 1.00 e. The molecule has 0 spiro atoms. The molecular formula is C10H21N2Rb. The fourth-order valence-electron chi connectivity index (χ4n) is 1.77. The van der Waals surface area contributed by atoms with Crippen molar-refractivity contribution in [1.29, 1.82) is 0 Å². The molecule has 1 fully saturated rings. The molecule has 1 rings (SSSR count). The molecule has 0 saturated carbocycles. The number of likely N-dealkylation sites (tertiary alicyclic amines) is 1. The summed E-state index contributed by atoms with van der Waals surface area (Å²) < 4.78 is 0. The minimum absolute atomic E-state index is 0. The van der Waals surface area contributed by atoms with Crippen molar-refractivity contribution in [3.63, 3.8) is 0 Å². The number of hydrogen-bond donors (Lipinski definition) is 0. The first-order valence-electron chi connectivity index (χ1n) is 4.88. The largest absolute Gasteiger partial charge is 1.00 e. The SMILES string of the molecule is C[N-]C1CCCN(C(C)(C)C)C1.[Rb+]. The van der Waals surface area contributed by atoms with Crippen LogP contribution in [-0.2, 0) is 0 Å². The number of piperidine rings is 1. The van der Waals surface area contributed by atoms with E-state index in [1.807, 2.05) is 7.05 Å². The van der Waals surface area contributed by atoms with E-state index in [1.165, 1.54) is 19.4 Å². The Morgan fingerprint density at radius 3 is 2.38 bits per heavy atom. The second-order valence-corrected chi connectivity index (χ2v) is 4.67. The van der Waals surface area contributed by atoms with Crippen molar-refractivity contribution in [3.05, 3.63) is 5.32 Å². The number of nitrogens with zero attached hydrogens (tertiary/aromatic N) is 2. The first-order valence-corrected chi connectivity index (χ1v) is 4.88. The van der Waals surface area contributed by atoms with Gasteiger partial charge in [0.25, 0.3) is 0 Å². The fourth-order valence-corrected chi connectivity index (χ4v) is 1.77. The van der Waals surface area contributed by atoms with E-state index in [0.717, 1.165) is 6.54 Å². The van der Waals surface area contributed by atoms with Crippen LogP contribution in [0, 0.1) is 0 Å². The smallest absolute Gasteiger partial charge is 0.661 e. The summed E-state index contributed by atoms with van der Waals surface area (Å²) >= 11 is 0. The Morgan fingerprint density at radius 2 is 1.92 bits per heavy atom. The molecule has 0 aromatic heterocycles. The third-order valence-corrected chi connectivity index (χ3v) is 2.71. The molecule has 13 heavy (non-hydrogen) atoms. The monoisotopic (exact) mass is 254 g/mol. The van der Waals surface area contributed by atoms with E-state index in [0.29, 0.717) is 11.6 Å². The Hall–Kier alpha value is 1.73. The van der Waals surface area contributed by atoms with E-state index < -0.39 is 0 Å². The summed E-state index contributed by atoms with van der Waals surface area (Å²) in [5.74, 6) is 0. The van der Waals surface area contributed by atoms with Gasteiger partial charge in [-0.3, -0.25) is 4.90 Å². The molecular weight excluding hydrogens is 234 g/mol. The predicted molar refractivity (Wildman–Crippen MR) is 53.6 cm³/mol. The molecule has 0 amide bonds. The number of hydrogen-bond acceptors (Lipinski definition) is 1. The Bertz CT molecular complexity index is 142. The van der Waals surface area contributed by atoms with Crippen molar-refractivity contribution < 1.29 is 58.2 Å². The summed E-state index contributed by atoms with van der Waals surface area (Å²) in [7, 11) is 1.94. The van der Waals surface area contributed by atoms with Crippen LogP contribution in [0.5, 0.6) is 0 Å². The van der Waals surface area contributed by atoms with Crippen molar-refractivity contribution >= 4 is 0 Å². The van der Waals surface area contributed by atoms with E-state index in [1.54, 1.807) is 0 Å². The van der Waals surface area contributed by atoms with Gasteiger partial charge < -0.3 is 5.32 Å². The van der Waals surface area contributed by atoms with Gasteiger partial charge >= 0.3 is 58.2 Å². The van der Waals surface area contributed by atoms with Crippen molar-refractivity contribution in [1.82, 2.24) is 4.90 Å². The summed E-state index contributed by atoms with van der Waals surface area (Å²) in [5.41, 5.74) is 0.323. The molecule has 0 bridgehead atoms. The minimum Gasteiger partial charge on any atom is -0.661 e. The van der Waals surface area contributed by atoms with Crippen LogP contribution in [0.4, 0.5) is 0 Å². The zero-order valence-electron chi connectivity index (χ0n) is 9.80. The Balaban J connectivity index is 0.00000144. The molecule has 1 atom stereocenters. The van der Waals surface area contributed by atoms with Gasteiger partial charge in [-0.15, -0.1) is 6.04 Å². The number of rotatable bonds is 1. The molecule has 1 saturated heterocycles. The quantitative estimate of drug-likeness (QED) is 0.603. The summed E-state index contributed by atoms with van der Waals surface area (Å²) in [6.07, 6.45) is 2.59. The average molecular weight is 255 g/mol. The molecule has 2 nitrogen and oxygen atoms in total. The van der Waals surface area contributed by atoms with Crippen LogP contribution in [0.15, 0.2) is 0 Å². The van der Waals surface area contributed by atoms with Crippen LogP contribution < -0.4 is 58.2 Å². The third kappa shape index (κ3) is 4.85. The number of likely N-dealkylation sites (N-methyl/N-ethyl adjacent to an activating group) is 1. The minimum atomic E-state index is 0. The van der Waals surface area contributed by atoms with Gasteiger partial charge in [0.05, 0.1) is 0 Å². The van der Waals surface area contributed by atoms with Crippen LogP contribution in [0.2, 0.25) is 0 Å². The van der Waals surface area contributed by atoms with E-state index >= 15 is 0 Å². The molecule has 72 valence electrons. The zero-order valence-corrected chi connectivity index (χ0v) is 14.7. The second kappa shape index (κ2) is 6.34. The molecule has 3 heteroatoms. The molecule has 1 unspecified atom stereocenters. The summed E-state index contributed by atoms with van der Waals surface area (Å²) in [4.78, 5) is 2.54. The van der Waals surface area contributed by atoms with Gasteiger partial charge in [0.1, 0.15) is 0 Å². The van der Waals surface area contributed by atoms with Crippen LogP contribution in [0.3, 0.4) is 0 Å². The zero-order chi connectivity index (χ0) is 9.19. The molecule has 1 heterocycles. The Labute approximate surface area is 132 Å². The molecule has 0 radical (unpaired) electrons. The van der Waals surface area contributed by atoms with Gasteiger partial charge in [0.15, 0.2) is 0 Å². The normalized spacial score (nSPS) is 25.4. The molecule has 0 aliphatic carbocycles. The summed E-state index contributed by atoms with van der Waals surface area (Å²) in [6.45, 7) is 9.25. The van der Waals surface area contributed by atoms with Crippen molar-refractivity contribution in [3.8, 4) is 0 Å². The molecule has 0 N–H and O–H groups in total. The second-order valence-electron chi connectivity index (χ2n) is 4.67. The third-order valence-electron chi connectivity index (χ3n) is 2.71. The van der Waals surface area contributed by atoms with Crippen LogP contribution in [0.25, 0.3) is 5.32 Å². The van der Waals surface area contributed by atoms with Gasteiger partial charge in [0.2, 0.25) is 0 Å². The summed E-state index contributed by atoms with van der Waals surface area (Å²) in [6, 6.07) is 0.581. The van der Waals surface area contributed by atoms with E-state index in [-0.39, 0.29) is 58.2 Å². The maximum atomic E-state index is 4.37. The van der Waals surface area contributed by atoms with Crippen molar-refractivity contribution in [2.45, 2.75) is 45.2 Å². The van der Waals surface area contributed by atoms with Gasteiger partial charge in [-0.2, -0.15) is 7.05 Å². The van der Waals surface area contributed by atoms with Crippen LogP contribution >= 0.6 is 0 Å². The van der Waals surface area contributed by atoms with Crippen molar-refractivity contribution in [2.75, 3.05) is 20.1 Å². The van der Waals surface area contributed by atoms with Gasteiger partial charge in [-0.1, -0.05) is 6.42 Å². The molecule has 0 aromatic carbocycles. The fraction of sp³-hybridized carbons (Fsp3) is 1.00. The van der Waals surface area contributed by atoms with Crippen LogP contribution in [0.1, 0.15) is 33.6 Å². The van der Waals surface area contributed by atoms with Gasteiger partial charge in [0, 0.05) is 5.54 Å². The molecule has 1 aliphatic rings. The van der Waals surface area contributed by atoms with Crippen molar-refractivity contribution in [2.24, 2.45) is 0 Å². The molecule has 1 aliphatic heterocycles. The molecule has 0 aromatic rings. The Kier molecular flexibility index (Phi) is 7.18. The standard InChI is InChI=1S/C10H21N2.Rb/c1-10(2,3)12-7-5-6-9(8-12)11-4;/h9H,5-8H2,1-4H3;/q-1;+1. The maximum absolute atomic E-state index is 4.37. The van der Waals surface area contributed by atoms with Crippen LogP contribution in [-0.4, -0.2) is 36.6 Å². The van der Waals surface area contributed by atoms with E-state index in [4.69, 9.17) is 0 Å². The first-order chi connectivity index (χ1) is 5.54. The van der Waals surface area contributed by atoms with Gasteiger partial charge in [-0.05, 0) is 40.3 Å². The van der Waals surface area contributed by atoms with E-state index in [2.05, 4.69) is 31.0 Å². The topological polar surface area (TPSA) is 17.3 Å². The first kappa shape index (κ1) is 14.7. The Morgan fingerprint density at radius 1 is 1.31 bits per heavy atom. The predicted octanol–water partition coefficient (Wildman–Crippen LogP) is -0.743. The summed E-state index contributed by atoms with van der Waals surface area (Å²) in [5, 5.41) is 4.37. The van der Waals surface area contributed by atoms with E-state index in [9.17, 15) is 0 Å². The van der Waals surface area contributed by atoms with Gasteiger partial charge in [-0.25, -0.2) is 0 Å².